The molecule has 1 aromatic carbocycles. The van der Waals surface area contributed by atoms with Gasteiger partial charge in [0.2, 0.25) is 0 Å². The molecule has 0 bridgehead atoms. The minimum atomic E-state index is -0.279. The van der Waals surface area contributed by atoms with Crippen molar-refractivity contribution in [2.45, 2.75) is 33.9 Å². The van der Waals surface area contributed by atoms with Gasteiger partial charge in [-0.25, -0.2) is 4.39 Å². The lowest BCUT2D eigenvalue weighted by atomic mass is 10.2. The lowest BCUT2D eigenvalue weighted by molar-refractivity contribution is 0.102. The first-order valence-electron chi connectivity index (χ1n) is 8.11. The minimum absolute atomic E-state index is 0.274. The average Bonchev–Trinajstić information content (AvgIpc) is 3.16. The molecular formula is C18H20FN5O. The van der Waals surface area contributed by atoms with Crippen molar-refractivity contribution < 1.29 is 9.18 Å². The molecule has 0 unspecified atom stereocenters. The van der Waals surface area contributed by atoms with Crippen LogP contribution in [0, 0.1) is 19.7 Å². The summed E-state index contributed by atoms with van der Waals surface area (Å²) in [5.74, 6) is -0.553. The van der Waals surface area contributed by atoms with E-state index in [1.165, 1.54) is 12.1 Å². The highest BCUT2D eigenvalue weighted by Crippen LogP contribution is 2.21. The van der Waals surface area contributed by atoms with Gasteiger partial charge in [-0.3, -0.25) is 14.2 Å². The molecule has 0 saturated heterocycles. The van der Waals surface area contributed by atoms with E-state index in [4.69, 9.17) is 0 Å². The molecule has 25 heavy (non-hydrogen) atoms. The van der Waals surface area contributed by atoms with Crippen LogP contribution >= 0.6 is 0 Å². The molecule has 2 aromatic heterocycles. The lowest BCUT2D eigenvalue weighted by Gasteiger charge is -2.07. The number of nitrogens with zero attached hydrogens (tertiary/aromatic N) is 4. The van der Waals surface area contributed by atoms with Gasteiger partial charge < -0.3 is 5.32 Å². The SMILES string of the molecule is CCn1ccc(C(=O)Nc2c(C)nn(Cc3cccc(F)c3)c2C)n1. The molecular weight excluding hydrogens is 321 g/mol. The highest BCUT2D eigenvalue weighted by Gasteiger charge is 2.17. The summed E-state index contributed by atoms with van der Waals surface area (Å²) in [5.41, 5.74) is 3.35. The number of rotatable bonds is 5. The Morgan fingerprint density at radius 3 is 2.72 bits per heavy atom. The molecule has 1 N–H and O–H groups in total. The molecule has 7 heteroatoms. The smallest absolute Gasteiger partial charge is 0.276 e. The number of aryl methyl sites for hydroxylation is 2. The Labute approximate surface area is 145 Å². The molecule has 6 nitrogen and oxygen atoms in total. The molecule has 3 rings (SSSR count). The number of amides is 1. The fourth-order valence-electron chi connectivity index (χ4n) is 2.68. The number of benzene rings is 1. The molecule has 0 saturated carbocycles. The van der Waals surface area contributed by atoms with E-state index in [-0.39, 0.29) is 11.7 Å². The van der Waals surface area contributed by atoms with Crippen molar-refractivity contribution in [3.63, 3.8) is 0 Å². The van der Waals surface area contributed by atoms with Crippen molar-refractivity contribution in [2.75, 3.05) is 5.32 Å². The first-order valence-corrected chi connectivity index (χ1v) is 8.11. The van der Waals surface area contributed by atoms with Gasteiger partial charge in [0, 0.05) is 12.7 Å². The Hall–Kier alpha value is -2.96. The van der Waals surface area contributed by atoms with Crippen molar-refractivity contribution >= 4 is 11.6 Å². The zero-order chi connectivity index (χ0) is 18.0. The molecule has 0 fully saturated rings. The van der Waals surface area contributed by atoms with Gasteiger partial charge in [-0.15, -0.1) is 0 Å². The Balaban J connectivity index is 1.80. The van der Waals surface area contributed by atoms with E-state index in [9.17, 15) is 9.18 Å². The Kier molecular flexibility index (Phi) is 4.65. The predicted octanol–water partition coefficient (Wildman–Crippen LogP) is 3.16. The molecule has 0 aliphatic carbocycles. The van der Waals surface area contributed by atoms with Crippen LogP contribution in [0.25, 0.3) is 0 Å². The standard InChI is InChI=1S/C18H20FN5O/c1-4-23-9-8-16(22-23)18(25)20-17-12(2)21-24(13(17)3)11-14-6-5-7-15(19)10-14/h5-10H,4,11H2,1-3H3,(H,20,25). The van der Waals surface area contributed by atoms with Gasteiger partial charge >= 0.3 is 0 Å². The van der Waals surface area contributed by atoms with Crippen LogP contribution in [0.4, 0.5) is 10.1 Å². The highest BCUT2D eigenvalue weighted by molar-refractivity contribution is 6.03. The van der Waals surface area contributed by atoms with Gasteiger partial charge in [-0.05, 0) is 44.5 Å². The van der Waals surface area contributed by atoms with Crippen molar-refractivity contribution in [1.29, 1.82) is 0 Å². The maximum Gasteiger partial charge on any atom is 0.276 e. The minimum Gasteiger partial charge on any atom is -0.317 e. The van der Waals surface area contributed by atoms with Crippen molar-refractivity contribution in [3.05, 3.63) is 65.0 Å². The van der Waals surface area contributed by atoms with E-state index in [0.29, 0.717) is 30.2 Å². The zero-order valence-electron chi connectivity index (χ0n) is 14.5. The summed E-state index contributed by atoms with van der Waals surface area (Å²) in [7, 11) is 0. The number of aromatic nitrogens is 4. The maximum atomic E-state index is 13.4. The van der Waals surface area contributed by atoms with Crippen molar-refractivity contribution in [1.82, 2.24) is 19.6 Å². The molecule has 0 aliphatic heterocycles. The molecule has 3 aromatic rings. The predicted molar refractivity (Wildman–Crippen MR) is 93.1 cm³/mol. The Morgan fingerprint density at radius 1 is 1.24 bits per heavy atom. The molecule has 2 heterocycles. The van der Waals surface area contributed by atoms with Gasteiger partial charge in [0.05, 0.1) is 23.6 Å². The van der Waals surface area contributed by atoms with Gasteiger partial charge in [0.15, 0.2) is 5.69 Å². The van der Waals surface area contributed by atoms with E-state index >= 15 is 0 Å². The van der Waals surface area contributed by atoms with Crippen LogP contribution in [0.1, 0.15) is 34.4 Å². The molecule has 0 radical (unpaired) electrons. The average molecular weight is 341 g/mol. The summed E-state index contributed by atoms with van der Waals surface area (Å²) < 4.78 is 16.8. The van der Waals surface area contributed by atoms with Crippen LogP contribution in [-0.4, -0.2) is 25.5 Å². The molecule has 0 spiro atoms. The Bertz CT molecular complexity index is 912. The fraction of sp³-hybridized carbons (Fsp3) is 0.278. The van der Waals surface area contributed by atoms with E-state index < -0.39 is 0 Å². The van der Waals surface area contributed by atoms with Crippen LogP contribution in [-0.2, 0) is 13.1 Å². The Morgan fingerprint density at radius 2 is 2.04 bits per heavy atom. The van der Waals surface area contributed by atoms with Gasteiger partial charge in [-0.2, -0.15) is 10.2 Å². The second-order valence-corrected chi connectivity index (χ2v) is 5.84. The quantitative estimate of drug-likeness (QED) is 0.775. The van der Waals surface area contributed by atoms with Crippen LogP contribution in [0.5, 0.6) is 0 Å². The highest BCUT2D eigenvalue weighted by atomic mass is 19.1. The van der Waals surface area contributed by atoms with Crippen molar-refractivity contribution in [3.8, 4) is 0 Å². The zero-order valence-corrected chi connectivity index (χ0v) is 14.5. The van der Waals surface area contributed by atoms with E-state index in [2.05, 4.69) is 15.5 Å². The first kappa shape index (κ1) is 16.9. The van der Waals surface area contributed by atoms with Crippen molar-refractivity contribution in [2.24, 2.45) is 0 Å². The topological polar surface area (TPSA) is 64.7 Å². The number of carbonyl (C=O) groups is 1. The van der Waals surface area contributed by atoms with E-state index in [1.54, 1.807) is 27.7 Å². The third-order valence-electron chi connectivity index (χ3n) is 4.04. The third kappa shape index (κ3) is 3.60. The van der Waals surface area contributed by atoms with E-state index in [0.717, 1.165) is 11.3 Å². The van der Waals surface area contributed by atoms with Crippen LogP contribution in [0.3, 0.4) is 0 Å². The molecule has 0 atom stereocenters. The first-order chi connectivity index (χ1) is 12.0. The number of nitrogens with one attached hydrogen (secondary N) is 1. The molecule has 1 amide bonds. The van der Waals surface area contributed by atoms with Crippen LogP contribution in [0.2, 0.25) is 0 Å². The molecule has 0 aliphatic rings. The summed E-state index contributed by atoms with van der Waals surface area (Å²) in [6.45, 7) is 6.80. The number of halogens is 1. The summed E-state index contributed by atoms with van der Waals surface area (Å²) in [6, 6.07) is 8.08. The molecule has 130 valence electrons. The lowest BCUT2D eigenvalue weighted by Crippen LogP contribution is -2.14. The number of hydrogen-bond donors (Lipinski definition) is 1. The summed E-state index contributed by atoms with van der Waals surface area (Å²) in [6.07, 6.45) is 1.77. The largest absolute Gasteiger partial charge is 0.317 e. The van der Waals surface area contributed by atoms with Crippen LogP contribution < -0.4 is 5.32 Å². The third-order valence-corrected chi connectivity index (χ3v) is 4.04. The maximum absolute atomic E-state index is 13.4. The fourth-order valence-corrected chi connectivity index (χ4v) is 2.68. The monoisotopic (exact) mass is 341 g/mol. The summed E-state index contributed by atoms with van der Waals surface area (Å²) in [5, 5.41) is 11.5. The summed E-state index contributed by atoms with van der Waals surface area (Å²) >= 11 is 0. The number of hydrogen-bond acceptors (Lipinski definition) is 3. The van der Waals surface area contributed by atoms with E-state index in [1.807, 2.05) is 26.8 Å². The van der Waals surface area contributed by atoms with Gasteiger partial charge in [-0.1, -0.05) is 12.1 Å². The second-order valence-electron chi connectivity index (χ2n) is 5.84. The van der Waals surface area contributed by atoms with Crippen LogP contribution in [0.15, 0.2) is 36.5 Å². The number of anilines is 1. The number of carbonyl (C=O) groups excluding carboxylic acids is 1. The van der Waals surface area contributed by atoms with Gasteiger partial charge in [0.25, 0.3) is 5.91 Å². The second kappa shape index (κ2) is 6.88. The normalized spacial score (nSPS) is 10.9. The summed E-state index contributed by atoms with van der Waals surface area (Å²) in [4.78, 5) is 12.4. The van der Waals surface area contributed by atoms with Gasteiger partial charge in [0.1, 0.15) is 5.82 Å².